The van der Waals surface area contributed by atoms with E-state index in [-0.39, 0.29) is 12.0 Å². The normalized spacial score (nSPS) is 27.2. The second-order valence-corrected chi connectivity index (χ2v) is 4.36. The maximum Gasteiger partial charge on any atom is 0.330 e. The molecule has 0 aliphatic carbocycles. The highest BCUT2D eigenvalue weighted by molar-refractivity contribution is 8.13. The average Bonchev–Trinajstić information content (AvgIpc) is 2.47. The first-order valence-corrected chi connectivity index (χ1v) is 5.46. The molecule has 2 atom stereocenters. The molecular formula is C9H15NO2S. The van der Waals surface area contributed by atoms with Gasteiger partial charge in [-0.3, -0.25) is 4.99 Å². The molecule has 0 amide bonds. The van der Waals surface area contributed by atoms with E-state index in [1.165, 1.54) is 7.11 Å². The van der Waals surface area contributed by atoms with Gasteiger partial charge in [0, 0.05) is 5.92 Å². The molecule has 0 aromatic heterocycles. The van der Waals surface area contributed by atoms with Crippen LogP contribution in [0.3, 0.4) is 0 Å². The number of ether oxygens (including phenoxy) is 1. The van der Waals surface area contributed by atoms with Gasteiger partial charge >= 0.3 is 5.97 Å². The van der Waals surface area contributed by atoms with Gasteiger partial charge in [0.25, 0.3) is 0 Å². The third-order valence-corrected chi connectivity index (χ3v) is 3.14. The fourth-order valence-corrected chi connectivity index (χ4v) is 2.26. The van der Waals surface area contributed by atoms with Gasteiger partial charge in [-0.25, -0.2) is 4.79 Å². The zero-order chi connectivity index (χ0) is 9.84. The summed E-state index contributed by atoms with van der Waals surface area (Å²) in [6, 6.07) is -0.256. The lowest BCUT2D eigenvalue weighted by Gasteiger charge is -2.04. The van der Waals surface area contributed by atoms with E-state index in [1.807, 2.05) is 0 Å². The molecule has 0 bridgehead atoms. The minimum absolute atomic E-state index is 0.210. The molecule has 0 radical (unpaired) electrons. The zero-order valence-corrected chi connectivity index (χ0v) is 9.06. The molecule has 0 N–H and O–H groups in total. The van der Waals surface area contributed by atoms with E-state index in [9.17, 15) is 4.79 Å². The van der Waals surface area contributed by atoms with Gasteiger partial charge in [0.15, 0.2) is 0 Å². The minimum atomic E-state index is -0.256. The van der Waals surface area contributed by atoms with Crippen LogP contribution >= 0.6 is 11.8 Å². The summed E-state index contributed by atoms with van der Waals surface area (Å²) >= 11 is 1.72. The van der Waals surface area contributed by atoms with Crippen molar-refractivity contribution in [1.82, 2.24) is 0 Å². The van der Waals surface area contributed by atoms with Crippen LogP contribution in [0.15, 0.2) is 4.99 Å². The molecule has 0 aromatic carbocycles. The number of esters is 1. The van der Waals surface area contributed by atoms with Crippen LogP contribution in [0.25, 0.3) is 0 Å². The fraction of sp³-hybridized carbons (Fsp3) is 0.778. The van der Waals surface area contributed by atoms with Crippen LogP contribution in [-0.2, 0) is 9.53 Å². The average molecular weight is 201 g/mol. The first kappa shape index (κ1) is 10.6. The molecule has 0 fully saturated rings. The summed E-state index contributed by atoms with van der Waals surface area (Å²) in [4.78, 5) is 15.5. The predicted octanol–water partition coefficient (Wildman–Crippen LogP) is 1.72. The van der Waals surface area contributed by atoms with Gasteiger partial charge in [0.1, 0.15) is 6.04 Å². The molecule has 13 heavy (non-hydrogen) atoms. The molecule has 74 valence electrons. The number of hydrogen-bond acceptors (Lipinski definition) is 4. The quantitative estimate of drug-likeness (QED) is 0.638. The molecule has 1 aliphatic heterocycles. The van der Waals surface area contributed by atoms with Gasteiger partial charge in [-0.05, 0) is 12.2 Å². The Morgan fingerprint density at radius 3 is 3.00 bits per heavy atom. The van der Waals surface area contributed by atoms with Gasteiger partial charge in [-0.15, -0.1) is 11.8 Å². The monoisotopic (exact) mass is 201 g/mol. The standard InChI is InChI=1S/C9H15NO2S/c1-4-13-8-6(2)5-7(10-8)9(11)12-3/h6-7H,4-5H2,1-3H3/t6?,7-/m0/s1. The highest BCUT2D eigenvalue weighted by Gasteiger charge is 2.30. The van der Waals surface area contributed by atoms with E-state index in [4.69, 9.17) is 0 Å². The van der Waals surface area contributed by atoms with E-state index in [1.54, 1.807) is 11.8 Å². The third-order valence-electron chi connectivity index (χ3n) is 2.05. The third kappa shape index (κ3) is 2.46. The van der Waals surface area contributed by atoms with Crippen molar-refractivity contribution in [3.8, 4) is 0 Å². The number of rotatable bonds is 2. The number of hydrogen-bond donors (Lipinski definition) is 0. The highest BCUT2D eigenvalue weighted by Crippen LogP contribution is 2.26. The zero-order valence-electron chi connectivity index (χ0n) is 8.24. The van der Waals surface area contributed by atoms with Crippen LogP contribution in [-0.4, -0.2) is 29.9 Å². The smallest absolute Gasteiger partial charge is 0.330 e. The first-order valence-electron chi connectivity index (χ1n) is 4.47. The molecule has 4 heteroatoms. The van der Waals surface area contributed by atoms with Crippen molar-refractivity contribution in [3.63, 3.8) is 0 Å². The van der Waals surface area contributed by atoms with Crippen molar-refractivity contribution in [1.29, 1.82) is 0 Å². The van der Waals surface area contributed by atoms with Crippen LogP contribution in [0.2, 0.25) is 0 Å². The van der Waals surface area contributed by atoms with Crippen molar-refractivity contribution < 1.29 is 9.53 Å². The topological polar surface area (TPSA) is 38.7 Å². The molecule has 1 unspecified atom stereocenters. The molecule has 1 heterocycles. The lowest BCUT2D eigenvalue weighted by atomic mass is 10.1. The van der Waals surface area contributed by atoms with Crippen molar-refractivity contribution in [2.24, 2.45) is 10.9 Å². The lowest BCUT2D eigenvalue weighted by molar-refractivity contribution is -0.142. The minimum Gasteiger partial charge on any atom is -0.467 e. The highest BCUT2D eigenvalue weighted by atomic mass is 32.2. The Balaban J connectivity index is 2.60. The largest absolute Gasteiger partial charge is 0.467 e. The molecule has 0 saturated carbocycles. The Hall–Kier alpha value is -0.510. The van der Waals surface area contributed by atoms with Gasteiger partial charge in [0.2, 0.25) is 0 Å². The van der Waals surface area contributed by atoms with E-state index in [2.05, 4.69) is 23.6 Å². The van der Waals surface area contributed by atoms with Crippen LogP contribution in [0.1, 0.15) is 20.3 Å². The molecule has 1 rings (SSSR count). The van der Waals surface area contributed by atoms with Crippen LogP contribution < -0.4 is 0 Å². The first-order chi connectivity index (χ1) is 6.19. The number of nitrogens with zero attached hydrogens (tertiary/aromatic N) is 1. The molecule has 0 saturated heterocycles. The molecule has 0 spiro atoms. The maximum absolute atomic E-state index is 11.2. The van der Waals surface area contributed by atoms with Crippen LogP contribution in [0, 0.1) is 5.92 Å². The van der Waals surface area contributed by atoms with Crippen molar-refractivity contribution in [3.05, 3.63) is 0 Å². The van der Waals surface area contributed by atoms with Gasteiger partial charge in [-0.1, -0.05) is 13.8 Å². The number of thioether (sulfide) groups is 1. The fourth-order valence-electron chi connectivity index (χ4n) is 1.38. The molecular weight excluding hydrogens is 186 g/mol. The van der Waals surface area contributed by atoms with E-state index in [0.717, 1.165) is 17.2 Å². The van der Waals surface area contributed by atoms with Gasteiger partial charge in [-0.2, -0.15) is 0 Å². The number of methoxy groups -OCH3 is 1. The number of carbonyl (C=O) groups excluding carboxylic acids is 1. The summed E-state index contributed by atoms with van der Waals surface area (Å²) in [5.41, 5.74) is 0. The molecule has 0 aromatic rings. The van der Waals surface area contributed by atoms with Crippen LogP contribution in [0.5, 0.6) is 0 Å². The Morgan fingerprint density at radius 2 is 2.46 bits per heavy atom. The Labute approximate surface area is 82.9 Å². The van der Waals surface area contributed by atoms with Crippen LogP contribution in [0.4, 0.5) is 0 Å². The van der Waals surface area contributed by atoms with E-state index >= 15 is 0 Å². The van der Waals surface area contributed by atoms with Crippen molar-refractivity contribution in [2.75, 3.05) is 12.9 Å². The summed E-state index contributed by atoms with van der Waals surface area (Å²) in [7, 11) is 1.41. The molecule has 3 nitrogen and oxygen atoms in total. The molecule has 1 aliphatic rings. The van der Waals surface area contributed by atoms with Gasteiger partial charge in [0.05, 0.1) is 12.2 Å². The number of aliphatic imine (C=N–C) groups is 1. The second kappa shape index (κ2) is 4.65. The van der Waals surface area contributed by atoms with E-state index in [0.29, 0.717) is 5.92 Å². The second-order valence-electron chi connectivity index (χ2n) is 3.08. The summed E-state index contributed by atoms with van der Waals surface area (Å²) in [6.45, 7) is 4.19. The summed E-state index contributed by atoms with van der Waals surface area (Å²) < 4.78 is 4.65. The maximum atomic E-state index is 11.2. The predicted molar refractivity (Wildman–Crippen MR) is 55.2 cm³/mol. The summed E-state index contributed by atoms with van der Waals surface area (Å²) in [5, 5.41) is 1.10. The Kier molecular flexibility index (Phi) is 3.78. The van der Waals surface area contributed by atoms with Crippen molar-refractivity contribution >= 4 is 22.8 Å². The summed E-state index contributed by atoms with van der Waals surface area (Å²) in [5.74, 6) is 1.21. The van der Waals surface area contributed by atoms with Gasteiger partial charge < -0.3 is 4.74 Å². The van der Waals surface area contributed by atoms with Crippen molar-refractivity contribution in [2.45, 2.75) is 26.3 Å². The number of carbonyl (C=O) groups is 1. The SMILES string of the molecule is CCSC1=N[C@H](C(=O)OC)CC1C. The Morgan fingerprint density at radius 1 is 1.77 bits per heavy atom. The Bertz CT molecular complexity index is 228. The summed E-state index contributed by atoms with van der Waals surface area (Å²) in [6.07, 6.45) is 0.801. The van der Waals surface area contributed by atoms with E-state index < -0.39 is 0 Å². The lowest BCUT2D eigenvalue weighted by Crippen LogP contribution is -2.18.